The average Bonchev–Trinajstić information content (AvgIpc) is 2.36. The topological polar surface area (TPSA) is 89.8 Å². The minimum atomic E-state index is -1.05. The van der Waals surface area contributed by atoms with Gasteiger partial charge in [-0.25, -0.2) is 4.79 Å². The van der Waals surface area contributed by atoms with Gasteiger partial charge in [0.2, 0.25) is 0 Å². The Kier molecular flexibility index (Phi) is 4.48. The summed E-state index contributed by atoms with van der Waals surface area (Å²) in [7, 11) is 0. The van der Waals surface area contributed by atoms with Crippen molar-refractivity contribution in [3.63, 3.8) is 0 Å². The summed E-state index contributed by atoms with van der Waals surface area (Å²) in [5.41, 5.74) is -0.386. The average molecular weight is 239 g/mol. The molecule has 1 rings (SSSR count). The number of hydrogen-bond donors (Lipinski definition) is 4. The fourth-order valence-electron chi connectivity index (χ4n) is 1.51. The largest absolute Gasteiger partial charge is 0.478 e. The Balaban J connectivity index is 3.05. The maximum absolute atomic E-state index is 11.0. The summed E-state index contributed by atoms with van der Waals surface area (Å²) < 4.78 is 0. The van der Waals surface area contributed by atoms with Crippen molar-refractivity contribution in [3.05, 3.63) is 29.8 Å². The van der Waals surface area contributed by atoms with Gasteiger partial charge in [0, 0.05) is 5.69 Å². The van der Waals surface area contributed by atoms with Gasteiger partial charge in [0.25, 0.3) is 0 Å². The van der Waals surface area contributed by atoms with E-state index in [0.29, 0.717) is 12.1 Å². The van der Waals surface area contributed by atoms with Gasteiger partial charge >= 0.3 is 5.97 Å². The van der Waals surface area contributed by atoms with E-state index in [1.807, 2.05) is 6.92 Å². The van der Waals surface area contributed by atoms with E-state index in [1.54, 1.807) is 18.2 Å². The highest BCUT2D eigenvalue weighted by Crippen LogP contribution is 2.22. The molecule has 0 heterocycles. The van der Waals surface area contributed by atoms with E-state index < -0.39 is 11.5 Å². The van der Waals surface area contributed by atoms with Crippen molar-refractivity contribution in [2.24, 2.45) is 0 Å². The molecule has 5 heteroatoms. The number of carboxylic acid groups (broad SMARTS) is 1. The van der Waals surface area contributed by atoms with E-state index in [9.17, 15) is 15.0 Å². The summed E-state index contributed by atoms with van der Waals surface area (Å²) in [6, 6.07) is 6.41. The summed E-state index contributed by atoms with van der Waals surface area (Å²) in [6.07, 6.45) is 0.480. The highest BCUT2D eigenvalue weighted by atomic mass is 16.4. The van der Waals surface area contributed by atoms with E-state index >= 15 is 0 Å². The summed E-state index contributed by atoms with van der Waals surface area (Å²) >= 11 is 0. The van der Waals surface area contributed by atoms with Gasteiger partial charge in [0.1, 0.15) is 0 Å². The first kappa shape index (κ1) is 13.5. The third-order valence-corrected chi connectivity index (χ3v) is 2.84. The molecule has 0 saturated carbocycles. The van der Waals surface area contributed by atoms with E-state index in [4.69, 9.17) is 5.11 Å². The second-order valence-electron chi connectivity index (χ2n) is 3.93. The van der Waals surface area contributed by atoms with E-state index in [1.165, 1.54) is 6.07 Å². The van der Waals surface area contributed by atoms with E-state index in [0.717, 1.165) is 0 Å². The molecule has 0 fully saturated rings. The number of carbonyl (C=O) groups is 1. The van der Waals surface area contributed by atoms with Crippen molar-refractivity contribution in [1.29, 1.82) is 0 Å². The maximum Gasteiger partial charge on any atom is 0.337 e. The molecule has 0 radical (unpaired) electrons. The minimum absolute atomic E-state index is 0.118. The number of benzene rings is 1. The molecule has 0 aliphatic heterocycles. The molecular weight excluding hydrogens is 222 g/mol. The van der Waals surface area contributed by atoms with Crippen LogP contribution in [0.5, 0.6) is 0 Å². The molecule has 17 heavy (non-hydrogen) atoms. The number of aliphatic hydroxyl groups excluding tert-OH is 2. The van der Waals surface area contributed by atoms with Crippen LogP contribution in [-0.2, 0) is 0 Å². The number of para-hydroxylation sites is 1. The van der Waals surface area contributed by atoms with Crippen LogP contribution in [0.3, 0.4) is 0 Å². The van der Waals surface area contributed by atoms with Gasteiger partial charge < -0.3 is 20.6 Å². The molecule has 0 saturated heterocycles. The maximum atomic E-state index is 11.0. The Morgan fingerprint density at radius 2 is 1.88 bits per heavy atom. The molecule has 5 nitrogen and oxygen atoms in total. The molecule has 0 aromatic heterocycles. The van der Waals surface area contributed by atoms with Gasteiger partial charge in [-0.1, -0.05) is 19.1 Å². The lowest BCUT2D eigenvalue weighted by Gasteiger charge is -2.31. The summed E-state index contributed by atoms with van der Waals surface area (Å²) in [4.78, 5) is 11.0. The van der Waals surface area contributed by atoms with Gasteiger partial charge in [-0.2, -0.15) is 0 Å². The molecule has 0 aliphatic rings. The molecule has 0 atom stereocenters. The van der Waals surface area contributed by atoms with Crippen LogP contribution in [0, 0.1) is 0 Å². The molecule has 0 spiro atoms. The molecule has 0 unspecified atom stereocenters. The summed E-state index contributed by atoms with van der Waals surface area (Å²) in [5.74, 6) is -1.05. The van der Waals surface area contributed by atoms with E-state index in [-0.39, 0.29) is 18.8 Å². The fraction of sp³-hybridized carbons (Fsp3) is 0.417. The van der Waals surface area contributed by atoms with Crippen LogP contribution >= 0.6 is 0 Å². The molecule has 0 bridgehead atoms. The van der Waals surface area contributed by atoms with Crippen LogP contribution in [0.2, 0.25) is 0 Å². The first-order chi connectivity index (χ1) is 8.08. The first-order valence-electron chi connectivity index (χ1n) is 5.41. The molecular formula is C12H17NO4. The second-order valence-corrected chi connectivity index (χ2v) is 3.93. The SMILES string of the molecule is CCC(CO)(CO)Nc1ccccc1C(=O)O. The molecule has 0 aliphatic carbocycles. The number of carboxylic acids is 1. The van der Waals surface area contributed by atoms with Crippen molar-refractivity contribution in [2.45, 2.75) is 18.9 Å². The lowest BCUT2D eigenvalue weighted by atomic mass is 9.97. The highest BCUT2D eigenvalue weighted by Gasteiger charge is 2.27. The zero-order valence-electron chi connectivity index (χ0n) is 9.68. The Bertz CT molecular complexity index is 380. The van der Waals surface area contributed by atoms with Crippen molar-refractivity contribution in [2.75, 3.05) is 18.5 Å². The van der Waals surface area contributed by atoms with Crippen LogP contribution in [0.15, 0.2) is 24.3 Å². The second kappa shape index (κ2) is 5.65. The van der Waals surface area contributed by atoms with Gasteiger partial charge in [-0.15, -0.1) is 0 Å². The standard InChI is InChI=1S/C12H17NO4/c1-2-12(7-14,8-15)13-10-6-4-3-5-9(10)11(16)17/h3-6,13-15H,2,7-8H2,1H3,(H,16,17). The summed E-state index contributed by atoms with van der Waals surface area (Å²) in [6.45, 7) is 1.27. The number of hydrogen-bond acceptors (Lipinski definition) is 4. The van der Waals surface area contributed by atoms with Gasteiger partial charge in [0.05, 0.1) is 24.3 Å². The lowest BCUT2D eigenvalue weighted by Crippen LogP contribution is -2.45. The molecule has 94 valence electrons. The number of aromatic carboxylic acids is 1. The minimum Gasteiger partial charge on any atom is -0.478 e. The number of nitrogens with one attached hydrogen (secondary N) is 1. The molecule has 1 aromatic rings. The van der Waals surface area contributed by atoms with Crippen molar-refractivity contribution in [1.82, 2.24) is 0 Å². The first-order valence-corrected chi connectivity index (χ1v) is 5.41. The zero-order chi connectivity index (χ0) is 12.9. The monoisotopic (exact) mass is 239 g/mol. The Labute approximate surface area is 99.7 Å². The third-order valence-electron chi connectivity index (χ3n) is 2.84. The summed E-state index contributed by atoms with van der Waals surface area (Å²) in [5, 5.41) is 30.5. The van der Waals surface area contributed by atoms with Crippen LogP contribution in [0.1, 0.15) is 23.7 Å². The Hall–Kier alpha value is -1.59. The number of rotatable bonds is 6. The molecule has 1 aromatic carbocycles. The van der Waals surface area contributed by atoms with Gasteiger partial charge in [-0.05, 0) is 18.6 Å². The van der Waals surface area contributed by atoms with Crippen LogP contribution in [-0.4, -0.2) is 40.0 Å². The van der Waals surface area contributed by atoms with Crippen LogP contribution < -0.4 is 5.32 Å². The normalized spacial score (nSPS) is 11.2. The number of anilines is 1. The smallest absolute Gasteiger partial charge is 0.337 e. The van der Waals surface area contributed by atoms with Crippen molar-refractivity contribution >= 4 is 11.7 Å². The molecule has 4 N–H and O–H groups in total. The zero-order valence-corrected chi connectivity index (χ0v) is 9.68. The van der Waals surface area contributed by atoms with Gasteiger partial charge in [-0.3, -0.25) is 0 Å². The Morgan fingerprint density at radius 3 is 2.35 bits per heavy atom. The lowest BCUT2D eigenvalue weighted by molar-refractivity contribution is 0.0697. The van der Waals surface area contributed by atoms with Crippen molar-refractivity contribution < 1.29 is 20.1 Å². The van der Waals surface area contributed by atoms with Gasteiger partial charge in [0.15, 0.2) is 0 Å². The highest BCUT2D eigenvalue weighted by molar-refractivity contribution is 5.94. The molecule has 0 amide bonds. The predicted molar refractivity (Wildman–Crippen MR) is 64.2 cm³/mol. The van der Waals surface area contributed by atoms with Crippen LogP contribution in [0.4, 0.5) is 5.69 Å². The predicted octanol–water partition coefficient (Wildman–Crippen LogP) is 0.930. The Morgan fingerprint density at radius 1 is 1.29 bits per heavy atom. The van der Waals surface area contributed by atoms with Crippen molar-refractivity contribution in [3.8, 4) is 0 Å². The number of aliphatic hydroxyl groups is 2. The van der Waals surface area contributed by atoms with E-state index in [2.05, 4.69) is 5.32 Å². The third kappa shape index (κ3) is 2.95. The van der Waals surface area contributed by atoms with Crippen LogP contribution in [0.25, 0.3) is 0 Å². The quantitative estimate of drug-likeness (QED) is 0.593. The fourth-order valence-corrected chi connectivity index (χ4v) is 1.51.